The molecule has 1 fully saturated rings. The molecule has 29 heavy (non-hydrogen) atoms. The van der Waals surface area contributed by atoms with E-state index in [1.54, 1.807) is 11.5 Å². The first kappa shape index (κ1) is 22.3. The first-order valence-corrected chi connectivity index (χ1v) is 11.8. The number of ether oxygens (including phenoxy) is 1. The molecular formula is C23H37N3O2S. The Balaban J connectivity index is 1.93. The minimum atomic E-state index is -0.238. The molecule has 1 saturated carbocycles. The van der Waals surface area contributed by atoms with Gasteiger partial charge in [0.25, 0.3) is 5.91 Å². The summed E-state index contributed by atoms with van der Waals surface area (Å²) in [5, 5.41) is 0. The fourth-order valence-electron chi connectivity index (χ4n) is 4.50. The average molecular weight is 420 g/mol. The topological polar surface area (TPSA) is 56.0 Å². The Morgan fingerprint density at radius 1 is 1.38 bits per heavy atom. The number of hydrogen-bond acceptors (Lipinski definition) is 4. The van der Waals surface area contributed by atoms with E-state index in [0.29, 0.717) is 6.61 Å². The van der Waals surface area contributed by atoms with Crippen LogP contribution in [-0.2, 0) is 21.5 Å². The molecule has 2 heterocycles. The van der Waals surface area contributed by atoms with Crippen molar-refractivity contribution < 1.29 is 9.53 Å². The van der Waals surface area contributed by atoms with Gasteiger partial charge in [-0.15, -0.1) is 0 Å². The molecule has 1 aromatic heterocycles. The Morgan fingerprint density at radius 3 is 2.69 bits per heavy atom. The highest BCUT2D eigenvalue weighted by molar-refractivity contribution is 7.04. The van der Waals surface area contributed by atoms with Crippen LogP contribution in [0.15, 0.2) is 16.2 Å². The van der Waals surface area contributed by atoms with Crippen LogP contribution in [0, 0.1) is 16.7 Å². The van der Waals surface area contributed by atoms with E-state index in [9.17, 15) is 4.79 Å². The molecule has 1 aliphatic heterocycles. The van der Waals surface area contributed by atoms with Gasteiger partial charge in [0.2, 0.25) is 0 Å². The van der Waals surface area contributed by atoms with Crippen LogP contribution in [0.1, 0.15) is 79.7 Å². The number of carbonyl (C=O) groups excluding carboxylic acids is 1. The van der Waals surface area contributed by atoms with Crippen molar-refractivity contribution in [2.24, 2.45) is 26.7 Å². The molecular weight excluding hydrogens is 382 g/mol. The zero-order valence-electron chi connectivity index (χ0n) is 19.2. The second-order valence-electron chi connectivity index (χ2n) is 10.3. The summed E-state index contributed by atoms with van der Waals surface area (Å²) >= 11 is 1.61. The van der Waals surface area contributed by atoms with Crippen molar-refractivity contribution in [3.05, 3.63) is 16.4 Å². The number of unbranched alkanes of at least 4 members (excludes halogenated alkanes) is 1. The smallest absolute Gasteiger partial charge is 0.250 e. The molecule has 6 heteroatoms. The molecule has 0 aromatic carbocycles. The lowest BCUT2D eigenvalue weighted by Crippen LogP contribution is -2.42. The second-order valence-corrected chi connectivity index (χ2v) is 11.2. The van der Waals surface area contributed by atoms with Gasteiger partial charge in [-0.3, -0.25) is 13.7 Å². The fraction of sp³-hybridized carbons (Fsp3) is 0.783. The highest BCUT2D eigenvalue weighted by Gasteiger charge is 2.58. The maximum Gasteiger partial charge on any atom is 0.250 e. The van der Waals surface area contributed by atoms with Crippen LogP contribution in [0.2, 0.25) is 0 Å². The highest BCUT2D eigenvalue weighted by atomic mass is 32.1. The number of hydrogen-bond donors (Lipinski definition) is 0. The third-order valence-corrected chi connectivity index (χ3v) is 8.36. The number of rotatable bonds is 5. The summed E-state index contributed by atoms with van der Waals surface area (Å²) in [5.41, 5.74) is 0.746. The van der Waals surface area contributed by atoms with Crippen LogP contribution in [0.5, 0.6) is 0 Å². The molecule has 2 unspecified atom stereocenters. The monoisotopic (exact) mass is 419 g/mol. The van der Waals surface area contributed by atoms with Crippen molar-refractivity contribution >= 4 is 23.3 Å². The van der Waals surface area contributed by atoms with E-state index in [2.05, 4.69) is 63.6 Å². The summed E-state index contributed by atoms with van der Waals surface area (Å²) in [6.07, 6.45) is 7.16. The maximum absolute atomic E-state index is 13.4. The SMILES string of the molecule is CCCCc1cn(C(C)(C)C)sc1=NC(=O)C1CCC(C)(C2=NCCO2)C1(C)C. The van der Waals surface area contributed by atoms with Crippen LogP contribution < -0.4 is 4.67 Å². The molecule has 0 saturated heterocycles. The number of aromatic nitrogens is 1. The Kier molecular flexibility index (Phi) is 6.15. The summed E-state index contributed by atoms with van der Waals surface area (Å²) in [7, 11) is 0. The predicted molar refractivity (Wildman–Crippen MR) is 119 cm³/mol. The Labute approximate surface area is 179 Å². The molecule has 0 spiro atoms. The zero-order valence-corrected chi connectivity index (χ0v) is 20.0. The molecule has 1 aromatic rings. The maximum atomic E-state index is 13.4. The lowest BCUT2D eigenvalue weighted by molar-refractivity contribution is -0.125. The van der Waals surface area contributed by atoms with Gasteiger partial charge in [0.1, 0.15) is 11.3 Å². The molecule has 5 nitrogen and oxygen atoms in total. The van der Waals surface area contributed by atoms with Crippen molar-refractivity contribution in [2.75, 3.05) is 13.2 Å². The van der Waals surface area contributed by atoms with Gasteiger partial charge in [-0.2, -0.15) is 0 Å². The Morgan fingerprint density at radius 2 is 2.10 bits per heavy atom. The molecule has 2 aliphatic rings. The number of amides is 1. The van der Waals surface area contributed by atoms with Crippen LogP contribution in [0.4, 0.5) is 0 Å². The molecule has 162 valence electrons. The molecule has 1 aliphatic carbocycles. The molecule has 2 atom stereocenters. The number of carbonyl (C=O) groups is 1. The van der Waals surface area contributed by atoms with Crippen molar-refractivity contribution in [3.8, 4) is 0 Å². The van der Waals surface area contributed by atoms with Crippen LogP contribution in [0.3, 0.4) is 0 Å². The van der Waals surface area contributed by atoms with Gasteiger partial charge in [0.05, 0.1) is 6.54 Å². The summed E-state index contributed by atoms with van der Waals surface area (Å²) in [6.45, 7) is 16.7. The lowest BCUT2D eigenvalue weighted by atomic mass is 9.65. The Bertz CT molecular complexity index is 856. The summed E-state index contributed by atoms with van der Waals surface area (Å²) in [4.78, 5) is 22.7. The molecule has 3 rings (SSSR count). The minimum absolute atomic E-state index is 0.00833. The van der Waals surface area contributed by atoms with Gasteiger partial charge >= 0.3 is 0 Å². The van der Waals surface area contributed by atoms with Crippen molar-refractivity contribution in [2.45, 2.75) is 86.1 Å². The zero-order chi connectivity index (χ0) is 21.4. The summed E-state index contributed by atoms with van der Waals surface area (Å²) in [5.74, 6) is 0.740. The van der Waals surface area contributed by atoms with E-state index in [-0.39, 0.29) is 28.2 Å². The molecule has 0 bridgehead atoms. The van der Waals surface area contributed by atoms with E-state index in [1.165, 1.54) is 5.56 Å². The van der Waals surface area contributed by atoms with Gasteiger partial charge in [0, 0.05) is 28.6 Å². The molecule has 0 N–H and O–H groups in total. The van der Waals surface area contributed by atoms with Crippen LogP contribution >= 0.6 is 11.5 Å². The van der Waals surface area contributed by atoms with E-state index < -0.39 is 0 Å². The van der Waals surface area contributed by atoms with Crippen molar-refractivity contribution in [1.82, 2.24) is 3.96 Å². The van der Waals surface area contributed by atoms with Gasteiger partial charge in [-0.25, -0.2) is 4.99 Å². The highest BCUT2D eigenvalue weighted by Crippen LogP contribution is 2.57. The first-order valence-electron chi connectivity index (χ1n) is 11.0. The summed E-state index contributed by atoms with van der Waals surface area (Å²) < 4.78 is 8.95. The van der Waals surface area contributed by atoms with Gasteiger partial charge in [-0.05, 0) is 63.4 Å². The van der Waals surface area contributed by atoms with Crippen molar-refractivity contribution in [1.29, 1.82) is 0 Å². The quantitative estimate of drug-likeness (QED) is 0.678. The average Bonchev–Trinajstić information content (AvgIpc) is 3.33. The molecule has 0 radical (unpaired) electrons. The van der Waals surface area contributed by atoms with E-state index >= 15 is 0 Å². The van der Waals surface area contributed by atoms with Gasteiger partial charge in [-0.1, -0.05) is 34.1 Å². The van der Waals surface area contributed by atoms with E-state index in [4.69, 9.17) is 9.73 Å². The van der Waals surface area contributed by atoms with Gasteiger partial charge in [0.15, 0.2) is 5.90 Å². The predicted octanol–water partition coefficient (Wildman–Crippen LogP) is 4.95. The lowest BCUT2D eigenvalue weighted by Gasteiger charge is -2.39. The first-order chi connectivity index (χ1) is 13.5. The second kappa shape index (κ2) is 8.01. The number of nitrogens with zero attached hydrogens (tertiary/aromatic N) is 3. The largest absolute Gasteiger partial charge is 0.479 e. The van der Waals surface area contributed by atoms with Crippen LogP contribution in [0.25, 0.3) is 0 Å². The number of aliphatic imine (C=N–C) groups is 1. The minimum Gasteiger partial charge on any atom is -0.479 e. The number of aryl methyl sites for hydroxylation is 1. The van der Waals surface area contributed by atoms with Gasteiger partial charge < -0.3 is 4.74 Å². The normalized spacial score (nSPS) is 27.2. The summed E-state index contributed by atoms with van der Waals surface area (Å²) in [6, 6.07) is 0. The third-order valence-electron chi connectivity index (χ3n) is 6.99. The molecule has 1 amide bonds. The van der Waals surface area contributed by atoms with Crippen molar-refractivity contribution in [3.63, 3.8) is 0 Å². The van der Waals surface area contributed by atoms with E-state index in [1.807, 2.05) is 0 Å². The van der Waals surface area contributed by atoms with Crippen LogP contribution in [-0.4, -0.2) is 28.9 Å². The Hall–Kier alpha value is -1.43. The standard InChI is InChI=1S/C23H37N3O2S/c1-8-9-10-16-15-26(21(2,3)4)29-19(16)25-18(27)17-11-12-23(7,22(17,5)6)20-24-13-14-28-20/h15,17H,8-14H2,1-7H3. The third kappa shape index (κ3) is 4.10. The van der Waals surface area contributed by atoms with E-state index in [0.717, 1.165) is 49.2 Å². The fourth-order valence-corrected chi connectivity index (χ4v) is 5.54.